The number of carbonyl (C=O) groups is 1. The van der Waals surface area contributed by atoms with Crippen molar-refractivity contribution >= 4 is 28.5 Å². The van der Waals surface area contributed by atoms with Crippen molar-refractivity contribution in [2.45, 2.75) is 13.5 Å². The minimum Gasteiger partial charge on any atom is -0.348 e. The van der Waals surface area contributed by atoms with E-state index >= 15 is 0 Å². The lowest BCUT2D eigenvalue weighted by Gasteiger charge is -2.07. The highest BCUT2D eigenvalue weighted by molar-refractivity contribution is 14.1. The predicted octanol–water partition coefficient (Wildman–Crippen LogP) is 3.67. The Morgan fingerprint density at radius 3 is 2.74 bits per heavy atom. The van der Waals surface area contributed by atoms with Gasteiger partial charge in [0.1, 0.15) is 5.82 Å². The molecule has 0 atom stereocenters. The number of halogens is 2. The van der Waals surface area contributed by atoms with Crippen LogP contribution in [0.15, 0.2) is 42.5 Å². The van der Waals surface area contributed by atoms with Crippen molar-refractivity contribution in [3.05, 3.63) is 68.5 Å². The zero-order chi connectivity index (χ0) is 13.8. The molecule has 0 unspecified atom stereocenters. The molecule has 0 aliphatic carbocycles. The van der Waals surface area contributed by atoms with Gasteiger partial charge in [0.05, 0.1) is 0 Å². The van der Waals surface area contributed by atoms with E-state index < -0.39 is 0 Å². The first-order valence-corrected chi connectivity index (χ1v) is 6.93. The van der Waals surface area contributed by atoms with Gasteiger partial charge in [-0.3, -0.25) is 4.79 Å². The van der Waals surface area contributed by atoms with E-state index in [1.54, 1.807) is 25.1 Å². The van der Waals surface area contributed by atoms with Crippen molar-refractivity contribution in [3.8, 4) is 0 Å². The number of carbonyl (C=O) groups excluding carboxylic acids is 1. The normalized spacial score (nSPS) is 10.3. The second kappa shape index (κ2) is 6.14. The average molecular weight is 369 g/mol. The van der Waals surface area contributed by atoms with Gasteiger partial charge in [-0.05, 0) is 64.9 Å². The molecule has 0 saturated carbocycles. The average Bonchev–Trinajstić information content (AvgIpc) is 2.40. The summed E-state index contributed by atoms with van der Waals surface area (Å²) in [4.78, 5) is 11.9. The summed E-state index contributed by atoms with van der Waals surface area (Å²) in [5.41, 5.74) is 2.10. The molecule has 0 saturated heterocycles. The van der Waals surface area contributed by atoms with Gasteiger partial charge in [-0.1, -0.05) is 18.2 Å². The Hall–Kier alpha value is -1.43. The van der Waals surface area contributed by atoms with Crippen LogP contribution in [0, 0.1) is 16.3 Å². The molecule has 0 aromatic heterocycles. The van der Waals surface area contributed by atoms with E-state index in [9.17, 15) is 9.18 Å². The Bertz CT molecular complexity index is 613. The Labute approximate surface area is 125 Å². The summed E-state index contributed by atoms with van der Waals surface area (Å²) >= 11 is 2.16. The molecule has 0 fully saturated rings. The van der Waals surface area contributed by atoms with Gasteiger partial charge in [0, 0.05) is 15.7 Å². The van der Waals surface area contributed by atoms with Crippen molar-refractivity contribution < 1.29 is 9.18 Å². The van der Waals surface area contributed by atoms with Crippen LogP contribution in [0.1, 0.15) is 21.5 Å². The minimum atomic E-state index is -0.229. The molecule has 19 heavy (non-hydrogen) atoms. The fourth-order valence-electron chi connectivity index (χ4n) is 1.73. The van der Waals surface area contributed by atoms with E-state index in [2.05, 4.69) is 27.9 Å². The first kappa shape index (κ1) is 14.0. The molecule has 0 spiro atoms. The van der Waals surface area contributed by atoms with Crippen LogP contribution < -0.4 is 5.32 Å². The molecular weight excluding hydrogens is 356 g/mol. The standard InChI is InChI=1S/C15H13FINO/c1-10-7-11(5-6-14(10)16)9-18-15(19)12-3-2-4-13(17)8-12/h2-8H,9H2,1H3,(H,18,19). The lowest BCUT2D eigenvalue weighted by Crippen LogP contribution is -2.22. The summed E-state index contributed by atoms with van der Waals surface area (Å²) in [5.74, 6) is -0.354. The number of hydrogen-bond acceptors (Lipinski definition) is 1. The maximum atomic E-state index is 13.1. The van der Waals surface area contributed by atoms with Crippen LogP contribution in [0.5, 0.6) is 0 Å². The number of nitrogens with one attached hydrogen (secondary N) is 1. The molecular formula is C15H13FINO. The highest BCUT2D eigenvalue weighted by Crippen LogP contribution is 2.10. The van der Waals surface area contributed by atoms with E-state index in [1.165, 1.54) is 6.07 Å². The molecule has 2 aromatic rings. The third-order valence-electron chi connectivity index (χ3n) is 2.76. The fraction of sp³-hybridized carbons (Fsp3) is 0.133. The van der Waals surface area contributed by atoms with Gasteiger partial charge in [-0.25, -0.2) is 4.39 Å². The first-order chi connectivity index (χ1) is 9.06. The third-order valence-corrected chi connectivity index (χ3v) is 3.43. The van der Waals surface area contributed by atoms with Crippen LogP contribution in [0.3, 0.4) is 0 Å². The summed E-state index contributed by atoms with van der Waals surface area (Å²) in [6.45, 7) is 2.10. The van der Waals surface area contributed by atoms with Crippen molar-refractivity contribution in [1.82, 2.24) is 5.32 Å². The molecule has 0 heterocycles. The summed E-state index contributed by atoms with van der Waals surface area (Å²) in [7, 11) is 0. The highest BCUT2D eigenvalue weighted by atomic mass is 127. The topological polar surface area (TPSA) is 29.1 Å². The Kier molecular flexibility index (Phi) is 4.52. The summed E-state index contributed by atoms with van der Waals surface area (Å²) in [6, 6.07) is 12.2. The summed E-state index contributed by atoms with van der Waals surface area (Å²) < 4.78 is 14.1. The molecule has 4 heteroatoms. The van der Waals surface area contributed by atoms with E-state index in [0.29, 0.717) is 17.7 Å². The Morgan fingerprint density at radius 1 is 1.26 bits per heavy atom. The third kappa shape index (κ3) is 3.76. The van der Waals surface area contributed by atoms with Crippen LogP contribution in [-0.2, 0) is 6.54 Å². The zero-order valence-electron chi connectivity index (χ0n) is 10.4. The smallest absolute Gasteiger partial charge is 0.251 e. The van der Waals surface area contributed by atoms with Gasteiger partial charge in [0.2, 0.25) is 0 Å². The molecule has 98 valence electrons. The predicted molar refractivity (Wildman–Crippen MR) is 81.5 cm³/mol. The molecule has 2 aromatic carbocycles. The number of rotatable bonds is 3. The van der Waals surface area contributed by atoms with Crippen LogP contribution in [0.25, 0.3) is 0 Å². The quantitative estimate of drug-likeness (QED) is 0.822. The van der Waals surface area contributed by atoms with Gasteiger partial charge in [0.15, 0.2) is 0 Å². The monoisotopic (exact) mass is 369 g/mol. The number of hydrogen-bond donors (Lipinski definition) is 1. The van der Waals surface area contributed by atoms with Crippen molar-refractivity contribution in [2.75, 3.05) is 0 Å². The van der Waals surface area contributed by atoms with Gasteiger partial charge in [-0.15, -0.1) is 0 Å². The number of amides is 1. The maximum Gasteiger partial charge on any atom is 0.251 e. The lowest BCUT2D eigenvalue weighted by atomic mass is 10.1. The largest absolute Gasteiger partial charge is 0.348 e. The van der Waals surface area contributed by atoms with Crippen LogP contribution in [-0.4, -0.2) is 5.91 Å². The van der Waals surface area contributed by atoms with Crippen molar-refractivity contribution in [3.63, 3.8) is 0 Å². The van der Waals surface area contributed by atoms with E-state index in [4.69, 9.17) is 0 Å². The number of benzene rings is 2. The molecule has 0 aliphatic rings. The molecule has 0 radical (unpaired) electrons. The lowest BCUT2D eigenvalue weighted by molar-refractivity contribution is 0.0951. The molecule has 2 rings (SSSR count). The first-order valence-electron chi connectivity index (χ1n) is 5.85. The zero-order valence-corrected chi connectivity index (χ0v) is 12.6. The van der Waals surface area contributed by atoms with Crippen LogP contribution in [0.2, 0.25) is 0 Å². The number of aryl methyl sites for hydroxylation is 1. The minimum absolute atomic E-state index is 0.125. The fourth-order valence-corrected chi connectivity index (χ4v) is 2.27. The van der Waals surface area contributed by atoms with E-state index in [-0.39, 0.29) is 11.7 Å². The molecule has 1 N–H and O–H groups in total. The van der Waals surface area contributed by atoms with Gasteiger partial charge in [-0.2, -0.15) is 0 Å². The van der Waals surface area contributed by atoms with Crippen LogP contribution >= 0.6 is 22.6 Å². The highest BCUT2D eigenvalue weighted by Gasteiger charge is 2.06. The van der Waals surface area contributed by atoms with Crippen molar-refractivity contribution in [2.24, 2.45) is 0 Å². The molecule has 1 amide bonds. The van der Waals surface area contributed by atoms with E-state index in [0.717, 1.165) is 9.13 Å². The van der Waals surface area contributed by atoms with Crippen molar-refractivity contribution in [1.29, 1.82) is 0 Å². The SMILES string of the molecule is Cc1cc(CNC(=O)c2cccc(I)c2)ccc1F. The summed E-state index contributed by atoms with van der Waals surface area (Å²) in [5, 5.41) is 2.82. The molecule has 0 bridgehead atoms. The van der Waals surface area contributed by atoms with Crippen LogP contribution in [0.4, 0.5) is 4.39 Å². The second-order valence-electron chi connectivity index (χ2n) is 4.28. The molecule has 2 nitrogen and oxygen atoms in total. The maximum absolute atomic E-state index is 13.1. The Balaban J connectivity index is 2.02. The van der Waals surface area contributed by atoms with Gasteiger partial charge < -0.3 is 5.32 Å². The van der Waals surface area contributed by atoms with Gasteiger partial charge in [0.25, 0.3) is 5.91 Å². The summed E-state index contributed by atoms with van der Waals surface area (Å²) in [6.07, 6.45) is 0. The van der Waals surface area contributed by atoms with E-state index in [1.807, 2.05) is 18.2 Å². The molecule has 0 aliphatic heterocycles. The second-order valence-corrected chi connectivity index (χ2v) is 5.52. The Morgan fingerprint density at radius 2 is 2.05 bits per heavy atom. The van der Waals surface area contributed by atoms with Gasteiger partial charge >= 0.3 is 0 Å².